The van der Waals surface area contributed by atoms with Crippen LogP contribution < -0.4 is 0 Å². The van der Waals surface area contributed by atoms with E-state index in [0.29, 0.717) is 19.6 Å². The van der Waals surface area contributed by atoms with Gasteiger partial charge in [0.25, 0.3) is 0 Å². The molecular formula is C22H34N2O3. The van der Waals surface area contributed by atoms with E-state index in [9.17, 15) is 9.59 Å². The number of amides is 1. The van der Waals surface area contributed by atoms with Crippen molar-refractivity contribution in [1.29, 1.82) is 0 Å². The van der Waals surface area contributed by atoms with Crippen LogP contribution in [0, 0.1) is 0 Å². The van der Waals surface area contributed by atoms with Gasteiger partial charge in [-0.25, -0.2) is 0 Å². The van der Waals surface area contributed by atoms with E-state index in [1.165, 1.54) is 5.56 Å². The molecule has 1 saturated heterocycles. The summed E-state index contributed by atoms with van der Waals surface area (Å²) in [5.74, 6) is -0.0324. The van der Waals surface area contributed by atoms with Crippen molar-refractivity contribution in [2.45, 2.75) is 65.0 Å². The summed E-state index contributed by atoms with van der Waals surface area (Å²) in [6.45, 7) is 7.70. The molecule has 27 heavy (non-hydrogen) atoms. The number of piperidine rings is 1. The highest BCUT2D eigenvalue weighted by molar-refractivity contribution is 5.77. The molecular weight excluding hydrogens is 340 g/mol. The van der Waals surface area contributed by atoms with E-state index in [1.807, 2.05) is 17.9 Å². The van der Waals surface area contributed by atoms with Crippen molar-refractivity contribution in [3.05, 3.63) is 35.9 Å². The number of ether oxygens (including phenoxy) is 1. The van der Waals surface area contributed by atoms with Gasteiger partial charge >= 0.3 is 5.97 Å². The summed E-state index contributed by atoms with van der Waals surface area (Å²) >= 11 is 0. The molecule has 1 aliphatic heterocycles. The third-order valence-electron chi connectivity index (χ3n) is 5.17. The molecule has 5 heteroatoms. The smallest absolute Gasteiger partial charge is 0.307 e. The molecule has 1 heterocycles. The molecule has 0 radical (unpaired) electrons. The second-order valence-electron chi connectivity index (χ2n) is 7.24. The highest BCUT2D eigenvalue weighted by Crippen LogP contribution is 2.20. The van der Waals surface area contributed by atoms with Crippen LogP contribution in [-0.4, -0.2) is 54.0 Å². The van der Waals surface area contributed by atoms with Gasteiger partial charge in [-0.15, -0.1) is 0 Å². The van der Waals surface area contributed by atoms with Crippen molar-refractivity contribution in [3.8, 4) is 0 Å². The first-order valence-electron chi connectivity index (χ1n) is 10.3. The van der Waals surface area contributed by atoms with Gasteiger partial charge in [0, 0.05) is 38.6 Å². The van der Waals surface area contributed by atoms with E-state index >= 15 is 0 Å². The fraction of sp³-hybridized carbons (Fsp3) is 0.636. The summed E-state index contributed by atoms with van der Waals surface area (Å²) in [5, 5.41) is 0. The number of rotatable bonds is 10. The van der Waals surface area contributed by atoms with Crippen molar-refractivity contribution < 1.29 is 14.3 Å². The van der Waals surface area contributed by atoms with E-state index in [0.717, 1.165) is 45.3 Å². The fourth-order valence-electron chi connectivity index (χ4n) is 3.66. The number of hydrogen-bond donors (Lipinski definition) is 0. The number of hydrogen-bond acceptors (Lipinski definition) is 4. The summed E-state index contributed by atoms with van der Waals surface area (Å²) in [6.07, 6.45) is 4.70. The monoisotopic (exact) mass is 374 g/mol. The second kappa shape index (κ2) is 11.8. The Kier molecular flexibility index (Phi) is 9.32. The van der Waals surface area contributed by atoms with Crippen LogP contribution >= 0.6 is 0 Å². The summed E-state index contributed by atoms with van der Waals surface area (Å²) in [5.41, 5.74) is 1.33. The molecule has 1 amide bonds. The highest BCUT2D eigenvalue weighted by Gasteiger charge is 2.28. The minimum absolute atomic E-state index is 0.183. The van der Waals surface area contributed by atoms with Crippen LogP contribution in [0.3, 0.4) is 0 Å². The molecule has 1 fully saturated rings. The molecule has 1 aromatic rings. The maximum Gasteiger partial charge on any atom is 0.307 e. The van der Waals surface area contributed by atoms with Crippen molar-refractivity contribution in [2.75, 3.05) is 26.2 Å². The molecule has 0 saturated carbocycles. The van der Waals surface area contributed by atoms with Gasteiger partial charge in [-0.3, -0.25) is 14.5 Å². The fourth-order valence-corrected chi connectivity index (χ4v) is 3.66. The van der Waals surface area contributed by atoms with Crippen molar-refractivity contribution in [1.82, 2.24) is 9.80 Å². The average molecular weight is 375 g/mol. The van der Waals surface area contributed by atoms with E-state index in [1.54, 1.807) is 0 Å². The van der Waals surface area contributed by atoms with Gasteiger partial charge < -0.3 is 9.64 Å². The van der Waals surface area contributed by atoms with Crippen LogP contribution in [0.2, 0.25) is 0 Å². The van der Waals surface area contributed by atoms with Gasteiger partial charge in [0.2, 0.25) is 5.91 Å². The van der Waals surface area contributed by atoms with Crippen molar-refractivity contribution in [2.24, 2.45) is 0 Å². The van der Waals surface area contributed by atoms with Crippen LogP contribution in [-0.2, 0) is 20.9 Å². The topological polar surface area (TPSA) is 49.9 Å². The lowest BCUT2D eigenvalue weighted by Crippen LogP contribution is -2.48. The molecule has 0 aromatic heterocycles. The molecule has 2 rings (SSSR count). The van der Waals surface area contributed by atoms with Crippen LogP contribution in [0.15, 0.2) is 30.3 Å². The van der Waals surface area contributed by atoms with Gasteiger partial charge in [-0.1, -0.05) is 43.7 Å². The first-order chi connectivity index (χ1) is 13.1. The molecule has 0 bridgehead atoms. The molecule has 1 aliphatic rings. The molecule has 0 unspecified atom stereocenters. The van der Waals surface area contributed by atoms with Crippen LogP contribution in [0.4, 0.5) is 0 Å². The predicted octanol–water partition coefficient (Wildman–Crippen LogP) is 3.62. The lowest BCUT2D eigenvalue weighted by atomic mass is 10.0. The molecule has 0 N–H and O–H groups in total. The van der Waals surface area contributed by atoms with Gasteiger partial charge in [0.05, 0.1) is 13.0 Å². The van der Waals surface area contributed by atoms with Gasteiger partial charge in [0.15, 0.2) is 0 Å². The summed E-state index contributed by atoms with van der Waals surface area (Å²) < 4.78 is 5.04. The molecule has 150 valence electrons. The number of esters is 1. The maximum atomic E-state index is 12.7. The third kappa shape index (κ3) is 7.33. The van der Waals surface area contributed by atoms with Crippen molar-refractivity contribution >= 4 is 11.9 Å². The maximum absolute atomic E-state index is 12.7. The molecule has 0 aliphatic carbocycles. The largest absolute Gasteiger partial charge is 0.466 e. The highest BCUT2D eigenvalue weighted by atomic mass is 16.5. The number of nitrogens with zero attached hydrogens (tertiary/aromatic N) is 2. The first-order valence-corrected chi connectivity index (χ1v) is 10.3. The van der Waals surface area contributed by atoms with Gasteiger partial charge in [0.1, 0.15) is 0 Å². The molecule has 0 atom stereocenters. The van der Waals surface area contributed by atoms with Gasteiger partial charge in [-0.05, 0) is 31.7 Å². The van der Waals surface area contributed by atoms with Crippen LogP contribution in [0.5, 0.6) is 0 Å². The molecule has 5 nitrogen and oxygen atoms in total. The second-order valence-corrected chi connectivity index (χ2v) is 7.24. The van der Waals surface area contributed by atoms with E-state index in [2.05, 4.69) is 36.1 Å². The predicted molar refractivity (Wildman–Crippen MR) is 107 cm³/mol. The Morgan fingerprint density at radius 2 is 1.81 bits per heavy atom. The number of carbonyl (C=O) groups excluding carboxylic acids is 2. The zero-order chi connectivity index (χ0) is 19.5. The number of benzene rings is 1. The van der Waals surface area contributed by atoms with Crippen molar-refractivity contribution in [3.63, 3.8) is 0 Å². The quantitative estimate of drug-likeness (QED) is 0.587. The number of likely N-dealkylation sites (tertiary alicyclic amines) is 1. The van der Waals surface area contributed by atoms with Crippen LogP contribution in [0.25, 0.3) is 0 Å². The Morgan fingerprint density at radius 1 is 1.11 bits per heavy atom. The standard InChI is InChI=1S/C22H34N2O3/c1-3-5-11-21(25)24(17-14-22(26)27-4-2)20-12-15-23(16-13-20)18-19-9-7-6-8-10-19/h6-10,20H,3-5,11-18H2,1-2H3. The summed E-state index contributed by atoms with van der Waals surface area (Å²) in [7, 11) is 0. The third-order valence-corrected chi connectivity index (χ3v) is 5.17. The summed E-state index contributed by atoms with van der Waals surface area (Å²) in [6, 6.07) is 10.7. The van der Waals surface area contributed by atoms with Gasteiger partial charge in [-0.2, -0.15) is 0 Å². The number of carbonyl (C=O) groups is 2. The number of unbranched alkanes of at least 4 members (excludes halogenated alkanes) is 1. The Balaban J connectivity index is 1.89. The lowest BCUT2D eigenvalue weighted by Gasteiger charge is -2.38. The molecule has 0 spiro atoms. The van der Waals surface area contributed by atoms with Crippen LogP contribution in [0.1, 0.15) is 57.9 Å². The summed E-state index contributed by atoms with van der Waals surface area (Å²) in [4.78, 5) is 28.9. The minimum Gasteiger partial charge on any atom is -0.466 e. The zero-order valence-electron chi connectivity index (χ0n) is 16.9. The Hall–Kier alpha value is -1.88. The lowest BCUT2D eigenvalue weighted by molar-refractivity contribution is -0.144. The normalized spacial score (nSPS) is 15.5. The zero-order valence-corrected chi connectivity index (χ0v) is 16.9. The SMILES string of the molecule is CCCCC(=O)N(CCC(=O)OCC)C1CCN(Cc2ccccc2)CC1. The Labute approximate surface area is 163 Å². The van der Waals surface area contributed by atoms with E-state index in [-0.39, 0.29) is 24.3 Å². The minimum atomic E-state index is -0.215. The first kappa shape index (κ1) is 21.4. The average Bonchev–Trinajstić information content (AvgIpc) is 2.68. The molecule has 1 aromatic carbocycles. The Bertz CT molecular complexity index is 568. The Morgan fingerprint density at radius 3 is 2.44 bits per heavy atom. The van der Waals surface area contributed by atoms with E-state index < -0.39 is 0 Å². The van der Waals surface area contributed by atoms with E-state index in [4.69, 9.17) is 4.74 Å².